The zero-order valence-corrected chi connectivity index (χ0v) is 12.7. The van der Waals surface area contributed by atoms with Gasteiger partial charge in [0.1, 0.15) is 5.88 Å². The largest absolute Gasteiger partial charge is 0.335 e. The number of hydrogen-bond donors (Lipinski definition) is 0. The number of hydrogen-bond acceptors (Lipinski definition) is 1. The van der Waals surface area contributed by atoms with E-state index in [9.17, 15) is 4.79 Å². The first-order chi connectivity index (χ1) is 8.93. The molecule has 0 aromatic heterocycles. The summed E-state index contributed by atoms with van der Waals surface area (Å²) in [5.41, 5.74) is 2.72. The molecule has 1 saturated heterocycles. The molecule has 1 heterocycles. The highest BCUT2D eigenvalue weighted by molar-refractivity contribution is 6.27. The average molecular weight is 280 g/mol. The SMILES string of the molecule is CC(C)(C)c1ccc(C2CCCN2C(=O)CCl)cc1. The summed E-state index contributed by atoms with van der Waals surface area (Å²) >= 11 is 5.68. The summed E-state index contributed by atoms with van der Waals surface area (Å²) in [7, 11) is 0. The second-order valence-corrected chi connectivity index (χ2v) is 6.52. The van der Waals surface area contributed by atoms with Gasteiger partial charge in [0.15, 0.2) is 0 Å². The molecule has 3 heteroatoms. The Kier molecular flexibility index (Phi) is 4.19. The number of halogens is 1. The molecule has 1 atom stereocenters. The average Bonchev–Trinajstić information content (AvgIpc) is 2.86. The predicted molar refractivity (Wildman–Crippen MR) is 79.6 cm³/mol. The van der Waals surface area contributed by atoms with Crippen molar-refractivity contribution in [1.82, 2.24) is 4.90 Å². The zero-order chi connectivity index (χ0) is 14.0. The van der Waals surface area contributed by atoms with Gasteiger partial charge in [0.25, 0.3) is 0 Å². The highest BCUT2D eigenvalue weighted by Gasteiger charge is 2.29. The lowest BCUT2D eigenvalue weighted by Crippen LogP contribution is -2.31. The minimum atomic E-state index is 0.0454. The van der Waals surface area contributed by atoms with Gasteiger partial charge >= 0.3 is 0 Å². The highest BCUT2D eigenvalue weighted by Crippen LogP contribution is 2.33. The fraction of sp³-hybridized carbons (Fsp3) is 0.562. The topological polar surface area (TPSA) is 20.3 Å². The minimum absolute atomic E-state index is 0.0454. The number of alkyl halides is 1. The first-order valence-corrected chi connectivity index (χ1v) is 7.43. The molecular formula is C16H22ClNO. The standard InChI is InChI=1S/C16H22ClNO/c1-16(2,3)13-8-6-12(7-9-13)14-5-4-10-18(14)15(19)11-17/h6-9,14H,4-5,10-11H2,1-3H3. The fourth-order valence-corrected chi connectivity index (χ4v) is 2.85. The Morgan fingerprint density at radius 3 is 2.47 bits per heavy atom. The summed E-state index contributed by atoms with van der Waals surface area (Å²) in [5, 5.41) is 0. The van der Waals surface area contributed by atoms with Crippen LogP contribution in [0.2, 0.25) is 0 Å². The van der Waals surface area contributed by atoms with Gasteiger partial charge < -0.3 is 4.90 Å². The molecule has 1 unspecified atom stereocenters. The van der Waals surface area contributed by atoms with Crippen LogP contribution < -0.4 is 0 Å². The molecule has 1 aromatic rings. The maximum atomic E-state index is 11.8. The quantitative estimate of drug-likeness (QED) is 0.752. The van der Waals surface area contributed by atoms with Gasteiger partial charge in [-0.2, -0.15) is 0 Å². The number of amides is 1. The van der Waals surface area contributed by atoms with E-state index in [0.29, 0.717) is 0 Å². The van der Waals surface area contributed by atoms with Crippen molar-refractivity contribution in [3.8, 4) is 0 Å². The second-order valence-electron chi connectivity index (χ2n) is 6.25. The first-order valence-electron chi connectivity index (χ1n) is 6.89. The number of carbonyl (C=O) groups excluding carboxylic acids is 1. The van der Waals surface area contributed by atoms with E-state index in [-0.39, 0.29) is 23.2 Å². The van der Waals surface area contributed by atoms with Crippen molar-refractivity contribution in [3.63, 3.8) is 0 Å². The van der Waals surface area contributed by atoms with Crippen LogP contribution in [0, 0.1) is 0 Å². The second kappa shape index (κ2) is 5.54. The van der Waals surface area contributed by atoms with Crippen LogP contribution in [-0.2, 0) is 10.2 Å². The van der Waals surface area contributed by atoms with Gasteiger partial charge in [0.2, 0.25) is 5.91 Å². The van der Waals surface area contributed by atoms with Crippen LogP contribution in [0.15, 0.2) is 24.3 Å². The summed E-state index contributed by atoms with van der Waals surface area (Å²) in [6.45, 7) is 7.46. The Balaban J connectivity index is 2.20. The summed E-state index contributed by atoms with van der Waals surface area (Å²) in [5.74, 6) is 0.125. The summed E-state index contributed by atoms with van der Waals surface area (Å²) in [6.07, 6.45) is 2.10. The van der Waals surface area contributed by atoms with Crippen LogP contribution in [0.25, 0.3) is 0 Å². The minimum Gasteiger partial charge on any atom is -0.335 e. The third kappa shape index (κ3) is 3.11. The van der Waals surface area contributed by atoms with Crippen molar-refractivity contribution in [2.24, 2.45) is 0 Å². The van der Waals surface area contributed by atoms with Crippen molar-refractivity contribution >= 4 is 17.5 Å². The lowest BCUT2D eigenvalue weighted by atomic mass is 9.86. The van der Waals surface area contributed by atoms with Gasteiger partial charge in [0.05, 0.1) is 6.04 Å². The van der Waals surface area contributed by atoms with E-state index >= 15 is 0 Å². The maximum absolute atomic E-state index is 11.8. The van der Waals surface area contributed by atoms with Crippen LogP contribution in [0.1, 0.15) is 50.8 Å². The van der Waals surface area contributed by atoms with E-state index in [1.54, 1.807) is 0 Å². The van der Waals surface area contributed by atoms with Gasteiger partial charge in [-0.15, -0.1) is 11.6 Å². The molecule has 2 nitrogen and oxygen atoms in total. The molecule has 0 N–H and O–H groups in total. The third-order valence-electron chi connectivity index (χ3n) is 3.85. The van der Waals surface area contributed by atoms with Gasteiger partial charge in [-0.3, -0.25) is 4.79 Å². The number of rotatable bonds is 2. The summed E-state index contributed by atoms with van der Waals surface area (Å²) < 4.78 is 0. The Labute approximate surface area is 120 Å². The van der Waals surface area contributed by atoms with Gasteiger partial charge in [-0.25, -0.2) is 0 Å². The van der Waals surface area contributed by atoms with Gasteiger partial charge in [-0.1, -0.05) is 45.0 Å². The van der Waals surface area contributed by atoms with Gasteiger partial charge in [0, 0.05) is 6.54 Å². The van der Waals surface area contributed by atoms with Crippen LogP contribution >= 0.6 is 11.6 Å². The Morgan fingerprint density at radius 1 is 1.32 bits per heavy atom. The van der Waals surface area contributed by atoms with Crippen molar-refractivity contribution in [2.45, 2.75) is 45.1 Å². The number of carbonyl (C=O) groups is 1. The molecule has 0 aliphatic carbocycles. The first kappa shape index (κ1) is 14.4. The van der Waals surface area contributed by atoms with E-state index < -0.39 is 0 Å². The number of likely N-dealkylation sites (tertiary alicyclic amines) is 1. The van der Waals surface area contributed by atoms with E-state index in [4.69, 9.17) is 11.6 Å². The lowest BCUT2D eigenvalue weighted by Gasteiger charge is -2.25. The molecule has 1 amide bonds. The maximum Gasteiger partial charge on any atom is 0.238 e. The van der Waals surface area contributed by atoms with Crippen LogP contribution in [0.4, 0.5) is 0 Å². The highest BCUT2D eigenvalue weighted by atomic mass is 35.5. The zero-order valence-electron chi connectivity index (χ0n) is 11.9. The molecule has 2 rings (SSSR count). The lowest BCUT2D eigenvalue weighted by molar-refractivity contribution is -0.129. The molecule has 1 aliphatic rings. The Bertz CT molecular complexity index is 447. The smallest absolute Gasteiger partial charge is 0.238 e. The molecule has 1 aromatic carbocycles. The monoisotopic (exact) mass is 279 g/mol. The van der Waals surface area contributed by atoms with Crippen molar-refractivity contribution in [2.75, 3.05) is 12.4 Å². The van der Waals surface area contributed by atoms with Crippen molar-refractivity contribution < 1.29 is 4.79 Å². The van der Waals surface area contributed by atoms with Crippen LogP contribution in [0.5, 0.6) is 0 Å². The number of nitrogens with zero attached hydrogens (tertiary/aromatic N) is 1. The van der Waals surface area contributed by atoms with Gasteiger partial charge in [-0.05, 0) is 29.4 Å². The normalized spacial score (nSPS) is 19.8. The van der Waals surface area contributed by atoms with E-state index in [0.717, 1.165) is 19.4 Å². The molecule has 0 bridgehead atoms. The summed E-state index contributed by atoms with van der Waals surface area (Å²) in [4.78, 5) is 13.7. The van der Waals surface area contributed by atoms with E-state index in [1.807, 2.05) is 4.90 Å². The molecule has 0 saturated carbocycles. The van der Waals surface area contributed by atoms with Crippen LogP contribution in [0.3, 0.4) is 0 Å². The molecule has 0 radical (unpaired) electrons. The van der Waals surface area contributed by atoms with E-state index in [2.05, 4.69) is 45.0 Å². The number of benzene rings is 1. The molecule has 19 heavy (non-hydrogen) atoms. The summed E-state index contributed by atoms with van der Waals surface area (Å²) in [6, 6.07) is 8.88. The predicted octanol–water partition coefficient (Wildman–Crippen LogP) is 3.89. The molecular weight excluding hydrogens is 258 g/mol. The third-order valence-corrected chi connectivity index (χ3v) is 4.08. The Hall–Kier alpha value is -1.02. The van der Waals surface area contributed by atoms with Crippen molar-refractivity contribution in [1.29, 1.82) is 0 Å². The molecule has 0 spiro atoms. The fourth-order valence-electron chi connectivity index (χ4n) is 2.69. The molecule has 1 fully saturated rings. The Morgan fingerprint density at radius 2 is 1.95 bits per heavy atom. The van der Waals surface area contributed by atoms with E-state index in [1.165, 1.54) is 11.1 Å². The molecule has 104 valence electrons. The van der Waals surface area contributed by atoms with Crippen LogP contribution in [-0.4, -0.2) is 23.2 Å². The molecule has 1 aliphatic heterocycles. The van der Waals surface area contributed by atoms with Crippen molar-refractivity contribution in [3.05, 3.63) is 35.4 Å².